The third-order valence-electron chi connectivity index (χ3n) is 2.63. The molecule has 0 saturated carbocycles. The van der Waals surface area contributed by atoms with Gasteiger partial charge in [-0.1, -0.05) is 23.7 Å². The molecule has 0 aliphatic carbocycles. The van der Waals surface area contributed by atoms with E-state index in [2.05, 4.69) is 25.5 Å². The lowest BCUT2D eigenvalue weighted by atomic mass is 10.2. The Morgan fingerprint density at radius 2 is 2.00 bits per heavy atom. The number of hydrogen-bond acceptors (Lipinski definition) is 2. The first-order chi connectivity index (χ1) is 8.13. The summed E-state index contributed by atoms with van der Waals surface area (Å²) in [7, 11) is 1.99. The molecule has 1 heterocycles. The third kappa shape index (κ3) is 2.54. The van der Waals surface area contributed by atoms with Gasteiger partial charge in [0.05, 0.1) is 5.69 Å². The predicted octanol–water partition coefficient (Wildman–Crippen LogP) is 3.00. The summed E-state index contributed by atoms with van der Waals surface area (Å²) in [6.45, 7) is 0.595. The molecule has 0 fully saturated rings. The topological polar surface area (TPSA) is 43.8 Å². The molecule has 0 amide bonds. The second-order valence-corrected chi connectivity index (χ2v) is 4.96. The summed E-state index contributed by atoms with van der Waals surface area (Å²) in [4.78, 5) is 4.47. The molecule has 2 rings (SSSR count). The zero-order chi connectivity index (χ0) is 12.4. The van der Waals surface area contributed by atoms with Crippen molar-refractivity contribution >= 4 is 27.5 Å². The van der Waals surface area contributed by atoms with E-state index in [1.165, 1.54) is 0 Å². The van der Waals surface area contributed by atoms with Crippen molar-refractivity contribution in [1.29, 1.82) is 0 Å². The van der Waals surface area contributed by atoms with E-state index in [0.29, 0.717) is 6.54 Å². The van der Waals surface area contributed by atoms with Gasteiger partial charge in [0, 0.05) is 24.1 Å². The van der Waals surface area contributed by atoms with Crippen molar-refractivity contribution < 1.29 is 0 Å². The van der Waals surface area contributed by atoms with E-state index >= 15 is 0 Å². The highest BCUT2D eigenvalue weighted by molar-refractivity contribution is 9.10. The van der Waals surface area contributed by atoms with Gasteiger partial charge in [0.25, 0.3) is 0 Å². The normalized spacial score (nSPS) is 10.8. The molecule has 0 saturated heterocycles. The van der Waals surface area contributed by atoms with Crippen molar-refractivity contribution in [3.05, 3.63) is 39.7 Å². The number of rotatable bonds is 3. The average molecular weight is 315 g/mol. The average Bonchev–Trinajstić information content (AvgIpc) is 2.57. The molecule has 1 aromatic heterocycles. The molecule has 0 spiro atoms. The minimum Gasteiger partial charge on any atom is -0.330 e. The van der Waals surface area contributed by atoms with Crippen LogP contribution in [-0.2, 0) is 13.5 Å². The fourth-order valence-electron chi connectivity index (χ4n) is 1.78. The highest BCUT2D eigenvalue weighted by Crippen LogP contribution is 2.29. The molecule has 2 aromatic rings. The van der Waals surface area contributed by atoms with Crippen LogP contribution in [0.3, 0.4) is 0 Å². The fourth-order valence-corrected chi connectivity index (χ4v) is 2.61. The van der Waals surface area contributed by atoms with Crippen LogP contribution in [0.15, 0.2) is 28.9 Å². The molecule has 0 unspecified atom stereocenters. The van der Waals surface area contributed by atoms with Crippen molar-refractivity contribution in [3.63, 3.8) is 0 Å². The molecule has 17 heavy (non-hydrogen) atoms. The summed E-state index contributed by atoms with van der Waals surface area (Å²) in [5, 5.41) is 0.731. The summed E-state index contributed by atoms with van der Waals surface area (Å²) in [5.74, 6) is 0.976. The molecule has 5 heteroatoms. The summed E-state index contributed by atoms with van der Waals surface area (Å²) in [6, 6.07) is 7.71. The van der Waals surface area contributed by atoms with Crippen LogP contribution in [0.4, 0.5) is 0 Å². The standard InChI is InChI=1S/C12H13BrClN3/c1-17-10(6-7-15)16-12(13)11(17)8-2-4-9(14)5-3-8/h2-5H,6-7,15H2,1H3. The Morgan fingerprint density at radius 1 is 1.35 bits per heavy atom. The molecule has 0 bridgehead atoms. The van der Waals surface area contributed by atoms with Gasteiger partial charge in [0.15, 0.2) is 0 Å². The van der Waals surface area contributed by atoms with Gasteiger partial charge in [-0.3, -0.25) is 0 Å². The van der Waals surface area contributed by atoms with Gasteiger partial charge >= 0.3 is 0 Å². The number of nitrogens with zero attached hydrogens (tertiary/aromatic N) is 2. The highest BCUT2D eigenvalue weighted by atomic mass is 79.9. The van der Waals surface area contributed by atoms with Crippen LogP contribution in [0.1, 0.15) is 5.82 Å². The number of hydrogen-bond donors (Lipinski definition) is 1. The minimum absolute atomic E-state index is 0.595. The van der Waals surface area contributed by atoms with Crippen LogP contribution in [0.25, 0.3) is 11.3 Å². The van der Waals surface area contributed by atoms with Crippen molar-refractivity contribution in [2.24, 2.45) is 12.8 Å². The van der Waals surface area contributed by atoms with Crippen LogP contribution in [0, 0.1) is 0 Å². The molecule has 0 radical (unpaired) electrons. The lowest BCUT2D eigenvalue weighted by Crippen LogP contribution is -2.08. The lowest BCUT2D eigenvalue weighted by Gasteiger charge is -2.06. The van der Waals surface area contributed by atoms with E-state index < -0.39 is 0 Å². The summed E-state index contributed by atoms with van der Waals surface area (Å²) in [6.07, 6.45) is 0.767. The van der Waals surface area contributed by atoms with Crippen LogP contribution < -0.4 is 5.73 Å². The van der Waals surface area contributed by atoms with Gasteiger partial charge in [-0.15, -0.1) is 0 Å². The van der Waals surface area contributed by atoms with Crippen molar-refractivity contribution in [2.75, 3.05) is 6.54 Å². The number of imidazole rings is 1. The summed E-state index contributed by atoms with van der Waals surface area (Å²) in [5.41, 5.74) is 7.69. The van der Waals surface area contributed by atoms with Crippen molar-refractivity contribution in [2.45, 2.75) is 6.42 Å². The zero-order valence-electron chi connectivity index (χ0n) is 9.45. The monoisotopic (exact) mass is 313 g/mol. The maximum atomic E-state index is 5.88. The van der Waals surface area contributed by atoms with Gasteiger partial charge in [-0.2, -0.15) is 0 Å². The molecule has 2 N–H and O–H groups in total. The molecular weight excluding hydrogens is 302 g/mol. The quantitative estimate of drug-likeness (QED) is 0.946. The Bertz CT molecular complexity index is 519. The van der Waals surface area contributed by atoms with E-state index in [1.807, 2.05) is 31.3 Å². The molecule has 0 atom stereocenters. The zero-order valence-corrected chi connectivity index (χ0v) is 11.8. The lowest BCUT2D eigenvalue weighted by molar-refractivity contribution is 0.782. The number of aromatic nitrogens is 2. The van der Waals surface area contributed by atoms with Crippen LogP contribution in [0.5, 0.6) is 0 Å². The third-order valence-corrected chi connectivity index (χ3v) is 3.44. The van der Waals surface area contributed by atoms with Gasteiger partial charge in [0.2, 0.25) is 0 Å². The van der Waals surface area contributed by atoms with Gasteiger partial charge in [0.1, 0.15) is 10.4 Å². The van der Waals surface area contributed by atoms with Gasteiger partial charge in [-0.05, 0) is 34.6 Å². The van der Waals surface area contributed by atoms with E-state index in [4.69, 9.17) is 17.3 Å². The van der Waals surface area contributed by atoms with E-state index in [1.54, 1.807) is 0 Å². The largest absolute Gasteiger partial charge is 0.330 e. The second kappa shape index (κ2) is 5.21. The fraction of sp³-hybridized carbons (Fsp3) is 0.250. The first-order valence-electron chi connectivity index (χ1n) is 5.30. The van der Waals surface area contributed by atoms with Crippen molar-refractivity contribution in [1.82, 2.24) is 9.55 Å². The molecule has 3 nitrogen and oxygen atoms in total. The van der Waals surface area contributed by atoms with Gasteiger partial charge < -0.3 is 10.3 Å². The summed E-state index contributed by atoms with van der Waals surface area (Å²) < 4.78 is 2.89. The second-order valence-electron chi connectivity index (χ2n) is 3.77. The van der Waals surface area contributed by atoms with Crippen LogP contribution in [0.2, 0.25) is 5.02 Å². The van der Waals surface area contributed by atoms with Crippen molar-refractivity contribution in [3.8, 4) is 11.3 Å². The molecule has 1 aromatic carbocycles. The first-order valence-corrected chi connectivity index (χ1v) is 6.47. The Morgan fingerprint density at radius 3 is 2.59 bits per heavy atom. The van der Waals surface area contributed by atoms with E-state index in [-0.39, 0.29) is 0 Å². The van der Waals surface area contributed by atoms with E-state index in [0.717, 1.165) is 33.1 Å². The first kappa shape index (κ1) is 12.6. The number of halogens is 2. The van der Waals surface area contributed by atoms with E-state index in [9.17, 15) is 0 Å². The maximum absolute atomic E-state index is 5.88. The minimum atomic E-state index is 0.595. The Balaban J connectivity index is 2.48. The summed E-state index contributed by atoms with van der Waals surface area (Å²) >= 11 is 9.37. The Hall–Kier alpha value is -0.840. The SMILES string of the molecule is Cn1c(CCN)nc(Br)c1-c1ccc(Cl)cc1. The molecule has 0 aliphatic heterocycles. The predicted molar refractivity (Wildman–Crippen MR) is 74.1 cm³/mol. The van der Waals surface area contributed by atoms with Crippen LogP contribution >= 0.6 is 27.5 Å². The Kier molecular flexibility index (Phi) is 3.86. The molecule has 90 valence electrons. The van der Waals surface area contributed by atoms with Crippen LogP contribution in [-0.4, -0.2) is 16.1 Å². The smallest absolute Gasteiger partial charge is 0.132 e. The number of nitrogens with two attached hydrogens (primary N) is 1. The number of benzene rings is 1. The highest BCUT2D eigenvalue weighted by Gasteiger charge is 2.13. The molecular formula is C12H13BrClN3. The van der Waals surface area contributed by atoms with Gasteiger partial charge in [-0.25, -0.2) is 4.98 Å². The molecule has 0 aliphatic rings. The maximum Gasteiger partial charge on any atom is 0.132 e. The Labute approximate surface area is 114 Å².